The van der Waals surface area contributed by atoms with Crippen molar-refractivity contribution in [3.8, 4) is 17.3 Å². The first-order valence-corrected chi connectivity index (χ1v) is 15.2. The van der Waals surface area contributed by atoms with Crippen LogP contribution in [0.25, 0.3) is 33.6 Å². The fraction of sp³-hybridized carbons (Fsp3) is 0.515. The number of hydrogen-bond donors (Lipinski definition) is 1. The summed E-state index contributed by atoms with van der Waals surface area (Å²) in [6, 6.07) is 9.39. The third-order valence-electron chi connectivity index (χ3n) is 8.57. The van der Waals surface area contributed by atoms with Gasteiger partial charge in [-0.05, 0) is 88.6 Å². The average molecular weight is 588 g/mol. The van der Waals surface area contributed by atoms with Gasteiger partial charge in [0.15, 0.2) is 5.82 Å². The van der Waals surface area contributed by atoms with Crippen LogP contribution < -0.4 is 4.74 Å². The number of hydrogen-bond acceptors (Lipinski definition) is 7. The molecule has 4 aromatic rings. The zero-order chi connectivity index (χ0) is 30.5. The number of pyridine rings is 1. The van der Waals surface area contributed by atoms with E-state index in [0.29, 0.717) is 35.7 Å². The smallest absolute Gasteiger partial charge is 0.306 e. The molecule has 1 aliphatic heterocycles. The summed E-state index contributed by atoms with van der Waals surface area (Å²) in [4.78, 5) is 38.0. The van der Waals surface area contributed by atoms with Crippen molar-refractivity contribution in [1.82, 2.24) is 24.0 Å². The molecule has 0 bridgehead atoms. The highest BCUT2D eigenvalue weighted by atomic mass is 16.6. The molecule has 1 aromatic carbocycles. The minimum absolute atomic E-state index is 0.0457. The Morgan fingerprint density at radius 3 is 2.56 bits per heavy atom. The molecule has 2 fully saturated rings. The predicted octanol–water partition coefficient (Wildman–Crippen LogP) is 4.95. The summed E-state index contributed by atoms with van der Waals surface area (Å²) in [5.74, 6) is 1.44. The number of fused-ring (bicyclic) bond motifs is 2. The summed E-state index contributed by atoms with van der Waals surface area (Å²) in [5, 5.41) is 11.2. The SMILES string of the molecule is COc1cc(C(=O)N2C[C@H](CC(=O)OC(C)(C)C)CC[C@@H]2CO)cc2nc(-c3cc4cccnc4n3CC3CC3)n(C)c12. The molecular weight excluding hydrogens is 546 g/mol. The van der Waals surface area contributed by atoms with E-state index in [-0.39, 0.29) is 36.9 Å². The number of imidazole rings is 1. The first-order chi connectivity index (χ1) is 20.6. The van der Waals surface area contributed by atoms with Gasteiger partial charge in [-0.15, -0.1) is 0 Å². The van der Waals surface area contributed by atoms with Crippen LogP contribution in [0.3, 0.4) is 0 Å². The number of carbonyl (C=O) groups excluding carboxylic acids is 2. The molecule has 10 nitrogen and oxygen atoms in total. The predicted molar refractivity (Wildman–Crippen MR) is 164 cm³/mol. The molecule has 0 unspecified atom stereocenters. The number of ether oxygens (including phenoxy) is 2. The Hall–Kier alpha value is -3.92. The number of carbonyl (C=O) groups is 2. The molecule has 2 aliphatic rings. The topological polar surface area (TPSA) is 112 Å². The van der Waals surface area contributed by atoms with E-state index in [1.807, 2.05) is 50.7 Å². The molecule has 1 saturated heterocycles. The van der Waals surface area contributed by atoms with Gasteiger partial charge >= 0.3 is 5.97 Å². The van der Waals surface area contributed by atoms with Gasteiger partial charge in [-0.25, -0.2) is 9.97 Å². The number of aryl methyl sites for hydroxylation is 1. The van der Waals surface area contributed by atoms with Crippen molar-refractivity contribution in [1.29, 1.82) is 0 Å². The second-order valence-electron chi connectivity index (χ2n) is 13.1. The number of aromatic nitrogens is 4. The molecule has 10 heteroatoms. The molecule has 1 N–H and O–H groups in total. The number of aliphatic hydroxyl groups excluding tert-OH is 1. The molecule has 4 heterocycles. The Balaban J connectivity index is 1.34. The zero-order valence-corrected chi connectivity index (χ0v) is 25.7. The summed E-state index contributed by atoms with van der Waals surface area (Å²) in [7, 11) is 3.56. The Kier molecular flexibility index (Phi) is 7.66. The molecule has 3 aromatic heterocycles. The second kappa shape index (κ2) is 11.3. The lowest BCUT2D eigenvalue weighted by molar-refractivity contribution is -0.156. The van der Waals surface area contributed by atoms with Crippen molar-refractivity contribution in [2.45, 2.75) is 71.1 Å². The van der Waals surface area contributed by atoms with Gasteiger partial charge in [0.1, 0.15) is 22.5 Å². The molecule has 1 amide bonds. The second-order valence-corrected chi connectivity index (χ2v) is 13.1. The zero-order valence-electron chi connectivity index (χ0n) is 25.7. The van der Waals surface area contributed by atoms with Crippen LogP contribution in [0.15, 0.2) is 36.5 Å². The van der Waals surface area contributed by atoms with E-state index < -0.39 is 5.60 Å². The number of nitrogens with zero attached hydrogens (tertiary/aromatic N) is 5. The Labute approximate surface area is 251 Å². The van der Waals surface area contributed by atoms with E-state index in [0.717, 1.165) is 41.0 Å². The summed E-state index contributed by atoms with van der Waals surface area (Å²) in [6.07, 6.45) is 5.85. The van der Waals surface area contributed by atoms with Crippen molar-refractivity contribution in [3.63, 3.8) is 0 Å². The number of rotatable bonds is 8. The molecule has 2 atom stereocenters. The lowest BCUT2D eigenvalue weighted by atomic mass is 9.90. The van der Waals surface area contributed by atoms with Crippen LogP contribution in [0.1, 0.15) is 63.2 Å². The molecule has 1 saturated carbocycles. The minimum atomic E-state index is -0.564. The standard InChI is InChI=1S/C33H41N5O5/c1-33(2,3)43-28(40)13-21-10-11-24(19-39)37(18-21)32(41)23-14-25-29(27(16-23)42-5)36(4)31(35-25)26-15-22-7-6-12-34-30(22)38(26)17-20-8-9-20/h6-7,12,14-16,20-21,24,39H,8-11,13,17-19H2,1-5H3/t21-,24+/m0/s1. The van der Waals surface area contributed by atoms with Gasteiger partial charge in [-0.3, -0.25) is 9.59 Å². The van der Waals surface area contributed by atoms with Crippen molar-refractivity contribution in [2.75, 3.05) is 20.3 Å². The van der Waals surface area contributed by atoms with E-state index in [9.17, 15) is 14.7 Å². The number of piperidine rings is 1. The van der Waals surface area contributed by atoms with E-state index in [2.05, 4.69) is 21.7 Å². The third-order valence-corrected chi connectivity index (χ3v) is 8.57. The van der Waals surface area contributed by atoms with Gasteiger partial charge in [0.05, 0.1) is 37.4 Å². The van der Waals surface area contributed by atoms with Crippen LogP contribution in [0.5, 0.6) is 5.75 Å². The molecule has 43 heavy (non-hydrogen) atoms. The van der Waals surface area contributed by atoms with E-state index in [1.54, 1.807) is 18.1 Å². The van der Waals surface area contributed by atoms with Crippen LogP contribution in [0.2, 0.25) is 0 Å². The molecule has 0 radical (unpaired) electrons. The van der Waals surface area contributed by atoms with Gasteiger partial charge < -0.3 is 28.6 Å². The quantitative estimate of drug-likeness (QED) is 0.290. The minimum Gasteiger partial charge on any atom is -0.494 e. The highest BCUT2D eigenvalue weighted by Gasteiger charge is 2.34. The van der Waals surface area contributed by atoms with Crippen molar-refractivity contribution in [3.05, 3.63) is 42.1 Å². The van der Waals surface area contributed by atoms with Crippen molar-refractivity contribution < 1.29 is 24.2 Å². The summed E-state index contributed by atoms with van der Waals surface area (Å²) in [5.41, 5.74) is 3.25. The highest BCUT2D eigenvalue weighted by molar-refractivity contribution is 6.00. The van der Waals surface area contributed by atoms with E-state index in [1.165, 1.54) is 12.8 Å². The maximum atomic E-state index is 14.0. The van der Waals surface area contributed by atoms with E-state index in [4.69, 9.17) is 14.5 Å². The molecule has 0 spiro atoms. The lowest BCUT2D eigenvalue weighted by Crippen LogP contribution is -2.49. The average Bonchev–Trinajstić information content (AvgIpc) is 3.64. The summed E-state index contributed by atoms with van der Waals surface area (Å²) in [6.45, 7) is 6.66. The molecular formula is C33H41N5O5. The summed E-state index contributed by atoms with van der Waals surface area (Å²) >= 11 is 0. The fourth-order valence-corrected chi connectivity index (χ4v) is 6.33. The van der Waals surface area contributed by atoms with Crippen LogP contribution in [0, 0.1) is 11.8 Å². The number of benzene rings is 1. The first kappa shape index (κ1) is 29.2. The number of esters is 1. The monoisotopic (exact) mass is 587 g/mol. The van der Waals surface area contributed by atoms with Crippen molar-refractivity contribution in [2.24, 2.45) is 18.9 Å². The normalized spacial score (nSPS) is 19.3. The lowest BCUT2D eigenvalue weighted by Gasteiger charge is -2.39. The van der Waals surface area contributed by atoms with Gasteiger partial charge in [0.2, 0.25) is 0 Å². The summed E-state index contributed by atoms with van der Waals surface area (Å²) < 4.78 is 15.6. The highest BCUT2D eigenvalue weighted by Crippen LogP contribution is 2.38. The van der Waals surface area contributed by atoms with Gasteiger partial charge in [-0.1, -0.05) is 0 Å². The maximum absolute atomic E-state index is 14.0. The number of methoxy groups -OCH3 is 1. The number of likely N-dealkylation sites (tertiary alicyclic amines) is 1. The Bertz CT molecular complexity index is 1680. The molecule has 228 valence electrons. The largest absolute Gasteiger partial charge is 0.494 e. The molecule has 6 rings (SSSR count). The number of aliphatic hydroxyl groups is 1. The van der Waals surface area contributed by atoms with E-state index >= 15 is 0 Å². The van der Waals surface area contributed by atoms with Crippen LogP contribution in [-0.4, -0.2) is 72.9 Å². The van der Waals surface area contributed by atoms with Crippen LogP contribution in [-0.2, 0) is 23.1 Å². The van der Waals surface area contributed by atoms with Gasteiger partial charge in [-0.2, -0.15) is 0 Å². The van der Waals surface area contributed by atoms with Gasteiger partial charge in [0, 0.05) is 37.3 Å². The van der Waals surface area contributed by atoms with Crippen LogP contribution >= 0.6 is 0 Å². The Morgan fingerprint density at radius 1 is 1.09 bits per heavy atom. The number of amides is 1. The van der Waals surface area contributed by atoms with Gasteiger partial charge in [0.25, 0.3) is 5.91 Å². The molecule has 1 aliphatic carbocycles. The Morgan fingerprint density at radius 2 is 1.86 bits per heavy atom. The van der Waals surface area contributed by atoms with Crippen LogP contribution in [0.4, 0.5) is 0 Å². The first-order valence-electron chi connectivity index (χ1n) is 15.2. The third kappa shape index (κ3) is 5.85. The van der Waals surface area contributed by atoms with Crippen molar-refractivity contribution >= 4 is 33.9 Å². The maximum Gasteiger partial charge on any atom is 0.306 e. The fourth-order valence-electron chi connectivity index (χ4n) is 6.33.